The van der Waals surface area contributed by atoms with Gasteiger partial charge in [0.05, 0.1) is 12.5 Å². The Labute approximate surface area is 169 Å². The SMILES string of the molecule is O=C(C1CC(=O)N(C2CCOCC2)C1)N1CCCC(Oc2ccncc2Cl)C1. The van der Waals surface area contributed by atoms with Crippen molar-refractivity contribution in [1.82, 2.24) is 14.8 Å². The van der Waals surface area contributed by atoms with E-state index in [9.17, 15) is 9.59 Å². The van der Waals surface area contributed by atoms with Crippen molar-refractivity contribution in [1.29, 1.82) is 0 Å². The molecule has 0 aliphatic carbocycles. The smallest absolute Gasteiger partial charge is 0.228 e. The fourth-order valence-electron chi connectivity index (χ4n) is 4.38. The number of carbonyl (C=O) groups excluding carboxylic acids is 2. The summed E-state index contributed by atoms with van der Waals surface area (Å²) < 4.78 is 11.4. The summed E-state index contributed by atoms with van der Waals surface area (Å²) >= 11 is 6.13. The molecule has 4 heterocycles. The fraction of sp³-hybridized carbons (Fsp3) is 0.650. The summed E-state index contributed by atoms with van der Waals surface area (Å²) in [5, 5.41) is 0.472. The number of carbonyl (C=O) groups is 2. The van der Waals surface area contributed by atoms with Crippen molar-refractivity contribution in [3.63, 3.8) is 0 Å². The molecular formula is C20H26ClN3O4. The number of hydrogen-bond acceptors (Lipinski definition) is 5. The van der Waals surface area contributed by atoms with Crippen LogP contribution in [0.3, 0.4) is 0 Å². The number of amides is 2. The topological polar surface area (TPSA) is 72.0 Å². The fourth-order valence-corrected chi connectivity index (χ4v) is 4.54. The van der Waals surface area contributed by atoms with Crippen LogP contribution in [0.2, 0.25) is 5.02 Å². The lowest BCUT2D eigenvalue weighted by atomic mass is 10.0. The molecule has 2 unspecified atom stereocenters. The van der Waals surface area contributed by atoms with Crippen LogP contribution in [-0.4, -0.2) is 71.6 Å². The number of ether oxygens (including phenoxy) is 2. The summed E-state index contributed by atoms with van der Waals surface area (Å²) in [5.41, 5.74) is 0. The summed E-state index contributed by atoms with van der Waals surface area (Å²) in [6, 6.07) is 1.95. The minimum Gasteiger partial charge on any atom is -0.487 e. The third-order valence-electron chi connectivity index (χ3n) is 5.86. The predicted molar refractivity (Wildman–Crippen MR) is 103 cm³/mol. The molecule has 0 saturated carbocycles. The molecule has 0 aromatic carbocycles. The molecule has 0 radical (unpaired) electrons. The molecule has 1 aromatic heterocycles. The summed E-state index contributed by atoms with van der Waals surface area (Å²) in [7, 11) is 0. The molecule has 8 heteroatoms. The Balaban J connectivity index is 1.35. The Hall–Kier alpha value is -1.86. The summed E-state index contributed by atoms with van der Waals surface area (Å²) in [4.78, 5) is 33.3. The number of rotatable bonds is 4. The van der Waals surface area contributed by atoms with Gasteiger partial charge in [0.1, 0.15) is 16.9 Å². The number of aromatic nitrogens is 1. The number of likely N-dealkylation sites (tertiary alicyclic amines) is 2. The van der Waals surface area contributed by atoms with E-state index in [2.05, 4.69) is 4.98 Å². The van der Waals surface area contributed by atoms with Gasteiger partial charge < -0.3 is 19.3 Å². The van der Waals surface area contributed by atoms with Crippen LogP contribution < -0.4 is 4.74 Å². The predicted octanol–water partition coefficient (Wildman–Crippen LogP) is 2.13. The first-order valence-electron chi connectivity index (χ1n) is 10.0. The van der Waals surface area contributed by atoms with Crippen molar-refractivity contribution < 1.29 is 19.1 Å². The molecule has 152 valence electrons. The zero-order valence-corrected chi connectivity index (χ0v) is 16.6. The van der Waals surface area contributed by atoms with Gasteiger partial charge in [-0.1, -0.05) is 11.6 Å². The molecule has 2 amide bonds. The molecular weight excluding hydrogens is 382 g/mol. The third-order valence-corrected chi connectivity index (χ3v) is 6.14. The second kappa shape index (κ2) is 8.66. The van der Waals surface area contributed by atoms with E-state index < -0.39 is 0 Å². The lowest BCUT2D eigenvalue weighted by molar-refractivity contribution is -0.138. The minimum absolute atomic E-state index is 0.0667. The van der Waals surface area contributed by atoms with Crippen molar-refractivity contribution in [3.8, 4) is 5.75 Å². The van der Waals surface area contributed by atoms with Crippen LogP contribution in [0.4, 0.5) is 0 Å². The van der Waals surface area contributed by atoms with Gasteiger partial charge in [0, 0.05) is 57.2 Å². The molecule has 3 saturated heterocycles. The van der Waals surface area contributed by atoms with Crippen molar-refractivity contribution in [3.05, 3.63) is 23.5 Å². The number of halogens is 1. The number of piperidine rings is 1. The number of nitrogens with zero attached hydrogens (tertiary/aromatic N) is 3. The van der Waals surface area contributed by atoms with Gasteiger partial charge in [0.25, 0.3) is 0 Å². The monoisotopic (exact) mass is 407 g/mol. The second-order valence-electron chi connectivity index (χ2n) is 7.76. The van der Waals surface area contributed by atoms with Gasteiger partial charge in [-0.2, -0.15) is 0 Å². The number of pyridine rings is 1. The van der Waals surface area contributed by atoms with Gasteiger partial charge in [0.15, 0.2) is 0 Å². The van der Waals surface area contributed by atoms with Crippen LogP contribution in [0.15, 0.2) is 18.5 Å². The van der Waals surface area contributed by atoms with Crippen LogP contribution in [0.5, 0.6) is 5.75 Å². The number of hydrogen-bond donors (Lipinski definition) is 0. The van der Waals surface area contributed by atoms with Crippen LogP contribution in [0.1, 0.15) is 32.1 Å². The van der Waals surface area contributed by atoms with Crippen molar-refractivity contribution in [2.75, 3.05) is 32.8 Å². The quantitative estimate of drug-likeness (QED) is 0.764. The van der Waals surface area contributed by atoms with Crippen molar-refractivity contribution >= 4 is 23.4 Å². The zero-order valence-electron chi connectivity index (χ0n) is 15.9. The summed E-state index contributed by atoms with van der Waals surface area (Å²) in [6.45, 7) is 3.15. The lowest BCUT2D eigenvalue weighted by Gasteiger charge is -2.35. The molecule has 0 spiro atoms. The van der Waals surface area contributed by atoms with Crippen LogP contribution in [-0.2, 0) is 14.3 Å². The highest BCUT2D eigenvalue weighted by molar-refractivity contribution is 6.31. The maximum absolute atomic E-state index is 13.1. The van der Waals surface area contributed by atoms with E-state index >= 15 is 0 Å². The summed E-state index contributed by atoms with van der Waals surface area (Å²) in [6.07, 6.45) is 6.89. The highest BCUT2D eigenvalue weighted by atomic mass is 35.5. The highest BCUT2D eigenvalue weighted by Crippen LogP contribution is 2.29. The molecule has 0 bridgehead atoms. The van der Waals surface area contributed by atoms with Crippen LogP contribution >= 0.6 is 11.6 Å². The molecule has 1 aromatic rings. The van der Waals surface area contributed by atoms with Crippen LogP contribution in [0, 0.1) is 5.92 Å². The molecule has 2 atom stereocenters. The second-order valence-corrected chi connectivity index (χ2v) is 8.17. The molecule has 3 aliphatic heterocycles. The van der Waals surface area contributed by atoms with Gasteiger partial charge in [-0.25, -0.2) is 0 Å². The molecule has 28 heavy (non-hydrogen) atoms. The average Bonchev–Trinajstić information content (AvgIpc) is 3.12. The largest absolute Gasteiger partial charge is 0.487 e. The molecule has 3 aliphatic rings. The van der Waals surface area contributed by atoms with E-state index in [0.717, 1.165) is 25.7 Å². The van der Waals surface area contributed by atoms with Crippen LogP contribution in [0.25, 0.3) is 0 Å². The highest BCUT2D eigenvalue weighted by Gasteiger charge is 2.40. The standard InChI is InChI=1S/C20H26ClN3O4/c21-17-11-22-6-3-18(17)28-16-2-1-7-23(13-16)20(26)14-10-19(25)24(12-14)15-4-8-27-9-5-15/h3,6,11,14-16H,1-2,4-5,7-10,12-13H2. The van der Waals surface area contributed by atoms with Gasteiger partial charge in [-0.3, -0.25) is 14.6 Å². The molecule has 4 rings (SSSR count). The maximum atomic E-state index is 13.1. The first kappa shape index (κ1) is 19.5. The Morgan fingerprint density at radius 2 is 2.07 bits per heavy atom. The summed E-state index contributed by atoms with van der Waals surface area (Å²) in [5.74, 6) is 0.506. The Morgan fingerprint density at radius 3 is 2.86 bits per heavy atom. The van der Waals surface area contributed by atoms with Crippen molar-refractivity contribution in [2.45, 2.75) is 44.2 Å². The first-order valence-corrected chi connectivity index (χ1v) is 10.4. The first-order chi connectivity index (χ1) is 13.6. The van der Waals surface area contributed by atoms with E-state index in [1.807, 2.05) is 9.80 Å². The van der Waals surface area contributed by atoms with Gasteiger partial charge in [0.2, 0.25) is 11.8 Å². The molecule has 0 N–H and O–H groups in total. The minimum atomic E-state index is -0.251. The van der Waals surface area contributed by atoms with Crippen molar-refractivity contribution in [2.24, 2.45) is 5.92 Å². The Bertz CT molecular complexity index is 725. The normalized spacial score (nSPS) is 26.5. The van der Waals surface area contributed by atoms with Gasteiger partial charge in [-0.15, -0.1) is 0 Å². The maximum Gasteiger partial charge on any atom is 0.228 e. The van der Waals surface area contributed by atoms with E-state index in [1.54, 1.807) is 18.5 Å². The van der Waals surface area contributed by atoms with E-state index in [4.69, 9.17) is 21.1 Å². The van der Waals surface area contributed by atoms with Gasteiger partial charge in [-0.05, 0) is 25.7 Å². The van der Waals surface area contributed by atoms with E-state index in [0.29, 0.717) is 50.0 Å². The zero-order chi connectivity index (χ0) is 19.5. The van der Waals surface area contributed by atoms with Gasteiger partial charge >= 0.3 is 0 Å². The van der Waals surface area contributed by atoms with E-state index in [-0.39, 0.29) is 29.9 Å². The Morgan fingerprint density at radius 1 is 1.25 bits per heavy atom. The molecule has 7 nitrogen and oxygen atoms in total. The Kier molecular flexibility index (Phi) is 6.01. The third kappa shape index (κ3) is 4.25. The average molecular weight is 408 g/mol. The van der Waals surface area contributed by atoms with E-state index in [1.165, 1.54) is 0 Å². The molecule has 3 fully saturated rings. The lowest BCUT2D eigenvalue weighted by Crippen LogP contribution is -2.47.